The Labute approximate surface area is 113 Å². The Morgan fingerprint density at radius 3 is 2.53 bits per heavy atom. The monoisotopic (exact) mass is 252 g/mol. The minimum atomic E-state index is 0.203. The van der Waals surface area contributed by atoms with Gasteiger partial charge in [0.2, 0.25) is 0 Å². The summed E-state index contributed by atoms with van der Waals surface area (Å²) < 4.78 is 5.53. The molecular weight excluding hydrogens is 236 g/mol. The normalized spacial score (nSPS) is 10.5. The number of ether oxygens (including phenoxy) is 1. The SMILES string of the molecule is C=CCOc1cccc(O)c1/C=C/c1ccccc1. The quantitative estimate of drug-likeness (QED) is 0.640. The molecule has 2 aromatic carbocycles. The van der Waals surface area contributed by atoms with Crippen LogP contribution in [0.5, 0.6) is 11.5 Å². The predicted octanol–water partition coefficient (Wildman–Crippen LogP) is 4.13. The highest BCUT2D eigenvalue weighted by Gasteiger charge is 2.05. The fourth-order valence-corrected chi connectivity index (χ4v) is 1.72. The highest BCUT2D eigenvalue weighted by Crippen LogP contribution is 2.29. The summed E-state index contributed by atoms with van der Waals surface area (Å²) in [5.74, 6) is 0.848. The first-order chi connectivity index (χ1) is 9.31. The van der Waals surface area contributed by atoms with Crippen molar-refractivity contribution in [3.05, 3.63) is 72.3 Å². The van der Waals surface area contributed by atoms with Gasteiger partial charge in [-0.05, 0) is 23.8 Å². The van der Waals surface area contributed by atoms with Crippen LogP contribution in [0.15, 0.2) is 61.2 Å². The third-order valence-electron chi connectivity index (χ3n) is 2.64. The molecule has 0 unspecified atom stereocenters. The number of hydrogen-bond donors (Lipinski definition) is 1. The van der Waals surface area contributed by atoms with E-state index in [-0.39, 0.29) is 5.75 Å². The average Bonchev–Trinajstić information content (AvgIpc) is 2.45. The molecule has 0 aliphatic rings. The smallest absolute Gasteiger partial charge is 0.130 e. The summed E-state index contributed by atoms with van der Waals surface area (Å²) in [5.41, 5.74) is 1.74. The molecule has 1 N–H and O–H groups in total. The third-order valence-corrected chi connectivity index (χ3v) is 2.64. The van der Waals surface area contributed by atoms with Crippen molar-refractivity contribution in [2.45, 2.75) is 0 Å². The molecule has 0 heterocycles. The molecule has 0 saturated carbocycles. The summed E-state index contributed by atoms with van der Waals surface area (Å²) >= 11 is 0. The van der Waals surface area contributed by atoms with Crippen molar-refractivity contribution in [2.75, 3.05) is 6.61 Å². The van der Waals surface area contributed by atoms with Crippen LogP contribution < -0.4 is 4.74 Å². The van der Waals surface area contributed by atoms with Gasteiger partial charge in [-0.1, -0.05) is 55.1 Å². The van der Waals surface area contributed by atoms with E-state index in [4.69, 9.17) is 4.74 Å². The minimum Gasteiger partial charge on any atom is -0.507 e. The van der Waals surface area contributed by atoms with Crippen LogP contribution in [-0.4, -0.2) is 11.7 Å². The summed E-state index contributed by atoms with van der Waals surface area (Å²) in [7, 11) is 0. The molecule has 2 rings (SSSR count). The molecule has 0 amide bonds. The van der Waals surface area contributed by atoms with Crippen LogP contribution in [0.1, 0.15) is 11.1 Å². The van der Waals surface area contributed by atoms with Crippen molar-refractivity contribution in [3.63, 3.8) is 0 Å². The van der Waals surface area contributed by atoms with Crippen LogP contribution in [0.2, 0.25) is 0 Å². The maximum Gasteiger partial charge on any atom is 0.130 e. The summed E-state index contributed by atoms with van der Waals surface area (Å²) in [5, 5.41) is 9.91. The number of rotatable bonds is 5. The first kappa shape index (κ1) is 13.0. The van der Waals surface area contributed by atoms with E-state index in [1.165, 1.54) is 0 Å². The maximum atomic E-state index is 9.91. The number of aromatic hydroxyl groups is 1. The lowest BCUT2D eigenvalue weighted by Crippen LogP contribution is -1.94. The highest BCUT2D eigenvalue weighted by molar-refractivity contribution is 5.75. The van der Waals surface area contributed by atoms with Crippen LogP contribution in [-0.2, 0) is 0 Å². The number of phenols is 1. The molecule has 0 atom stereocenters. The fourth-order valence-electron chi connectivity index (χ4n) is 1.72. The molecule has 0 aromatic heterocycles. The Morgan fingerprint density at radius 1 is 1.00 bits per heavy atom. The molecule has 2 aromatic rings. The molecule has 0 aliphatic heterocycles. The number of benzene rings is 2. The van der Waals surface area contributed by atoms with E-state index in [0.29, 0.717) is 17.9 Å². The molecule has 0 bridgehead atoms. The van der Waals surface area contributed by atoms with Crippen molar-refractivity contribution in [3.8, 4) is 11.5 Å². The van der Waals surface area contributed by atoms with E-state index in [2.05, 4.69) is 6.58 Å². The van der Waals surface area contributed by atoms with Gasteiger partial charge in [-0.2, -0.15) is 0 Å². The Hall–Kier alpha value is -2.48. The summed E-state index contributed by atoms with van der Waals surface area (Å²) in [6, 6.07) is 15.1. The molecule has 0 radical (unpaired) electrons. The van der Waals surface area contributed by atoms with Gasteiger partial charge >= 0.3 is 0 Å². The lowest BCUT2D eigenvalue weighted by Gasteiger charge is -2.08. The summed E-state index contributed by atoms with van der Waals surface area (Å²) in [4.78, 5) is 0. The number of hydrogen-bond acceptors (Lipinski definition) is 2. The molecule has 19 heavy (non-hydrogen) atoms. The number of phenolic OH excluding ortho intramolecular Hbond substituents is 1. The van der Waals surface area contributed by atoms with Gasteiger partial charge in [-0.15, -0.1) is 0 Å². The highest BCUT2D eigenvalue weighted by atomic mass is 16.5. The fraction of sp³-hybridized carbons (Fsp3) is 0.0588. The standard InChI is InChI=1S/C17H16O2/c1-2-13-19-17-10-6-9-16(18)15(17)12-11-14-7-4-3-5-8-14/h2-12,18H,1,13H2/b12-11+. The first-order valence-corrected chi connectivity index (χ1v) is 6.10. The van der Waals surface area contributed by atoms with Crippen molar-refractivity contribution < 1.29 is 9.84 Å². The van der Waals surface area contributed by atoms with Gasteiger partial charge in [0.1, 0.15) is 18.1 Å². The van der Waals surface area contributed by atoms with E-state index >= 15 is 0 Å². The minimum absolute atomic E-state index is 0.203. The Morgan fingerprint density at radius 2 is 1.79 bits per heavy atom. The third kappa shape index (κ3) is 3.49. The molecule has 0 fully saturated rings. The molecular formula is C17H16O2. The van der Waals surface area contributed by atoms with Gasteiger partial charge < -0.3 is 9.84 Å². The summed E-state index contributed by atoms with van der Waals surface area (Å²) in [6.45, 7) is 4.03. The van der Waals surface area contributed by atoms with E-state index < -0.39 is 0 Å². The molecule has 96 valence electrons. The van der Waals surface area contributed by atoms with Gasteiger partial charge in [-0.25, -0.2) is 0 Å². The van der Waals surface area contributed by atoms with Crippen LogP contribution in [0.3, 0.4) is 0 Å². The van der Waals surface area contributed by atoms with Crippen LogP contribution >= 0.6 is 0 Å². The lowest BCUT2D eigenvalue weighted by atomic mass is 10.1. The molecule has 0 spiro atoms. The zero-order chi connectivity index (χ0) is 13.5. The molecule has 0 aliphatic carbocycles. The summed E-state index contributed by atoms with van der Waals surface area (Å²) in [6.07, 6.45) is 5.47. The Bertz CT molecular complexity index is 571. The van der Waals surface area contributed by atoms with Gasteiger partial charge in [-0.3, -0.25) is 0 Å². The van der Waals surface area contributed by atoms with E-state index in [0.717, 1.165) is 5.56 Å². The second kappa shape index (κ2) is 6.45. The predicted molar refractivity (Wildman–Crippen MR) is 79.2 cm³/mol. The maximum absolute atomic E-state index is 9.91. The van der Waals surface area contributed by atoms with Crippen molar-refractivity contribution >= 4 is 12.2 Å². The van der Waals surface area contributed by atoms with Crippen molar-refractivity contribution in [1.82, 2.24) is 0 Å². The van der Waals surface area contributed by atoms with E-state index in [1.54, 1.807) is 18.2 Å². The Kier molecular flexibility index (Phi) is 4.40. The lowest BCUT2D eigenvalue weighted by molar-refractivity contribution is 0.359. The molecule has 0 saturated heterocycles. The van der Waals surface area contributed by atoms with Crippen LogP contribution in [0.4, 0.5) is 0 Å². The van der Waals surface area contributed by atoms with Gasteiger partial charge in [0, 0.05) is 0 Å². The Balaban J connectivity index is 2.28. The van der Waals surface area contributed by atoms with Crippen LogP contribution in [0, 0.1) is 0 Å². The zero-order valence-electron chi connectivity index (χ0n) is 10.6. The van der Waals surface area contributed by atoms with Gasteiger partial charge in [0.25, 0.3) is 0 Å². The van der Waals surface area contributed by atoms with Gasteiger partial charge in [0.05, 0.1) is 5.56 Å². The van der Waals surface area contributed by atoms with Crippen LogP contribution in [0.25, 0.3) is 12.2 Å². The van der Waals surface area contributed by atoms with E-state index in [1.807, 2.05) is 48.6 Å². The zero-order valence-corrected chi connectivity index (χ0v) is 10.6. The van der Waals surface area contributed by atoms with Crippen molar-refractivity contribution in [2.24, 2.45) is 0 Å². The second-order valence-electron chi connectivity index (χ2n) is 4.03. The molecule has 2 nitrogen and oxygen atoms in total. The largest absolute Gasteiger partial charge is 0.507 e. The van der Waals surface area contributed by atoms with Crippen molar-refractivity contribution in [1.29, 1.82) is 0 Å². The second-order valence-corrected chi connectivity index (χ2v) is 4.03. The molecule has 2 heteroatoms. The first-order valence-electron chi connectivity index (χ1n) is 6.10. The van der Waals surface area contributed by atoms with E-state index in [9.17, 15) is 5.11 Å². The van der Waals surface area contributed by atoms with Gasteiger partial charge in [0.15, 0.2) is 0 Å². The topological polar surface area (TPSA) is 29.5 Å². The average molecular weight is 252 g/mol.